The summed E-state index contributed by atoms with van der Waals surface area (Å²) in [4.78, 5) is 10.8. The minimum atomic E-state index is -0.845. The van der Waals surface area contributed by atoms with Crippen LogP contribution in [0.25, 0.3) is 5.69 Å². The molecule has 0 fully saturated rings. The summed E-state index contributed by atoms with van der Waals surface area (Å²) < 4.78 is 1.98. The first-order valence-electron chi connectivity index (χ1n) is 7.04. The van der Waals surface area contributed by atoms with Crippen LogP contribution in [-0.4, -0.2) is 31.6 Å². The van der Waals surface area contributed by atoms with Gasteiger partial charge in [0, 0.05) is 0 Å². The van der Waals surface area contributed by atoms with E-state index in [1.807, 2.05) is 11.5 Å². The van der Waals surface area contributed by atoms with E-state index < -0.39 is 5.97 Å². The Bertz CT molecular complexity index is 682. The van der Waals surface area contributed by atoms with E-state index >= 15 is 0 Å². The lowest BCUT2D eigenvalue weighted by molar-refractivity contribution is -0.133. The first-order valence-corrected chi connectivity index (χ1v) is 8.03. The van der Waals surface area contributed by atoms with Crippen LogP contribution in [0.5, 0.6) is 0 Å². The average molecular weight is 303 g/mol. The Morgan fingerprint density at radius 2 is 2.14 bits per heavy atom. The number of nitrogens with zero attached hydrogens (tertiary/aromatic N) is 3. The average Bonchev–Trinajstić information content (AvgIpc) is 2.85. The number of hydrogen-bond acceptors (Lipinski definition) is 4. The summed E-state index contributed by atoms with van der Waals surface area (Å²) in [6, 6.07) is 6.32. The lowest BCUT2D eigenvalue weighted by Crippen LogP contribution is -2.10. The molecule has 0 atom stereocenters. The first kappa shape index (κ1) is 14.1. The molecule has 1 aromatic heterocycles. The summed E-state index contributed by atoms with van der Waals surface area (Å²) in [5, 5.41) is 17.7. The van der Waals surface area contributed by atoms with E-state index in [2.05, 4.69) is 28.4 Å². The maximum atomic E-state index is 10.8. The van der Waals surface area contributed by atoms with Crippen molar-refractivity contribution in [1.29, 1.82) is 0 Å². The van der Waals surface area contributed by atoms with E-state index in [4.69, 9.17) is 5.11 Å². The van der Waals surface area contributed by atoms with Crippen molar-refractivity contribution in [2.24, 2.45) is 0 Å². The fourth-order valence-electron chi connectivity index (χ4n) is 2.81. The van der Waals surface area contributed by atoms with E-state index in [0.29, 0.717) is 5.16 Å². The number of aromatic nitrogens is 3. The topological polar surface area (TPSA) is 68.0 Å². The standard InChI is InChI=1S/C15H17N3O2S/c1-10-16-17-15(21-9-14(19)20)18(10)13-8-4-6-11-5-2-3-7-12(11)13/h4,6,8H,2-3,5,7,9H2,1H3,(H,19,20). The third-order valence-corrected chi connectivity index (χ3v) is 4.65. The number of carboxylic acid groups (broad SMARTS) is 1. The molecule has 1 aromatic carbocycles. The molecular weight excluding hydrogens is 286 g/mol. The van der Waals surface area contributed by atoms with Crippen LogP contribution in [0.3, 0.4) is 0 Å². The molecule has 0 saturated carbocycles. The van der Waals surface area contributed by atoms with Crippen LogP contribution < -0.4 is 0 Å². The summed E-state index contributed by atoms with van der Waals surface area (Å²) in [7, 11) is 0. The minimum Gasteiger partial charge on any atom is -0.481 e. The lowest BCUT2D eigenvalue weighted by Gasteiger charge is -2.20. The van der Waals surface area contributed by atoms with Crippen molar-refractivity contribution in [2.45, 2.75) is 37.8 Å². The van der Waals surface area contributed by atoms with Gasteiger partial charge in [-0.15, -0.1) is 10.2 Å². The fraction of sp³-hybridized carbons (Fsp3) is 0.400. The molecule has 0 saturated heterocycles. The van der Waals surface area contributed by atoms with Gasteiger partial charge in [-0.1, -0.05) is 23.9 Å². The number of benzene rings is 1. The van der Waals surface area contributed by atoms with Gasteiger partial charge >= 0.3 is 5.97 Å². The van der Waals surface area contributed by atoms with Gasteiger partial charge < -0.3 is 5.11 Å². The van der Waals surface area contributed by atoms with Crippen molar-refractivity contribution in [2.75, 3.05) is 5.75 Å². The molecule has 0 amide bonds. The van der Waals surface area contributed by atoms with Crippen molar-refractivity contribution in [3.05, 3.63) is 35.2 Å². The minimum absolute atomic E-state index is 0.00679. The van der Waals surface area contributed by atoms with Gasteiger partial charge in [-0.2, -0.15) is 0 Å². The van der Waals surface area contributed by atoms with Gasteiger partial charge in [0.05, 0.1) is 11.4 Å². The Morgan fingerprint density at radius 1 is 1.33 bits per heavy atom. The third kappa shape index (κ3) is 2.81. The Morgan fingerprint density at radius 3 is 2.95 bits per heavy atom. The molecule has 1 aliphatic carbocycles. The smallest absolute Gasteiger partial charge is 0.313 e. The molecule has 0 bridgehead atoms. The third-order valence-electron chi connectivity index (χ3n) is 3.73. The Balaban J connectivity index is 2.04. The van der Waals surface area contributed by atoms with E-state index in [1.54, 1.807) is 0 Å². The van der Waals surface area contributed by atoms with Crippen LogP contribution in [0.1, 0.15) is 29.8 Å². The maximum absolute atomic E-state index is 10.8. The van der Waals surface area contributed by atoms with E-state index in [0.717, 1.165) is 24.4 Å². The molecule has 110 valence electrons. The summed E-state index contributed by atoms with van der Waals surface area (Å²) in [6.45, 7) is 1.90. The van der Waals surface area contributed by atoms with Crippen molar-refractivity contribution < 1.29 is 9.90 Å². The van der Waals surface area contributed by atoms with E-state index in [-0.39, 0.29) is 5.75 Å². The number of fused-ring (bicyclic) bond motifs is 1. The van der Waals surface area contributed by atoms with Crippen molar-refractivity contribution in [1.82, 2.24) is 14.8 Å². The highest BCUT2D eigenvalue weighted by molar-refractivity contribution is 7.99. The summed E-state index contributed by atoms with van der Waals surface area (Å²) in [5.74, 6) is -0.0585. The lowest BCUT2D eigenvalue weighted by atomic mass is 9.90. The fourth-order valence-corrected chi connectivity index (χ4v) is 3.52. The van der Waals surface area contributed by atoms with E-state index in [1.165, 1.54) is 35.7 Å². The predicted octanol–water partition coefficient (Wildman–Crippen LogP) is 2.63. The molecule has 1 aliphatic rings. The van der Waals surface area contributed by atoms with Crippen LogP contribution in [0.15, 0.2) is 23.4 Å². The van der Waals surface area contributed by atoms with Crippen LogP contribution in [-0.2, 0) is 17.6 Å². The highest BCUT2D eigenvalue weighted by Crippen LogP contribution is 2.30. The summed E-state index contributed by atoms with van der Waals surface area (Å²) >= 11 is 1.21. The van der Waals surface area contributed by atoms with Crippen LogP contribution in [0.2, 0.25) is 0 Å². The van der Waals surface area contributed by atoms with Crippen molar-refractivity contribution >= 4 is 17.7 Å². The second-order valence-electron chi connectivity index (χ2n) is 5.17. The SMILES string of the molecule is Cc1nnc(SCC(=O)O)n1-c1cccc2c1CCCC2. The van der Waals surface area contributed by atoms with Gasteiger partial charge in [0.1, 0.15) is 5.82 Å². The van der Waals surface area contributed by atoms with E-state index in [9.17, 15) is 4.79 Å². The highest BCUT2D eigenvalue weighted by atomic mass is 32.2. The number of carbonyl (C=O) groups is 1. The summed E-state index contributed by atoms with van der Waals surface area (Å²) in [6.07, 6.45) is 4.61. The first-order chi connectivity index (χ1) is 10.2. The number of thioether (sulfide) groups is 1. The number of rotatable bonds is 4. The van der Waals surface area contributed by atoms with Crippen LogP contribution >= 0.6 is 11.8 Å². The van der Waals surface area contributed by atoms with Crippen molar-refractivity contribution in [3.63, 3.8) is 0 Å². The highest BCUT2D eigenvalue weighted by Gasteiger charge is 2.19. The Kier molecular flexibility index (Phi) is 3.96. The zero-order valence-corrected chi connectivity index (χ0v) is 12.7. The second kappa shape index (κ2) is 5.89. The molecule has 6 heteroatoms. The van der Waals surface area contributed by atoms with Gasteiger partial charge in [0.25, 0.3) is 0 Å². The molecule has 5 nitrogen and oxygen atoms in total. The van der Waals surface area contributed by atoms with Gasteiger partial charge in [-0.3, -0.25) is 9.36 Å². The Hall–Kier alpha value is -1.82. The molecule has 0 spiro atoms. The number of aryl methyl sites for hydroxylation is 2. The van der Waals surface area contributed by atoms with Gasteiger partial charge in [0.15, 0.2) is 5.16 Å². The van der Waals surface area contributed by atoms with Crippen LogP contribution in [0, 0.1) is 6.92 Å². The molecule has 1 N–H and O–H groups in total. The quantitative estimate of drug-likeness (QED) is 0.879. The normalized spacial score (nSPS) is 14.0. The molecule has 21 heavy (non-hydrogen) atoms. The number of carboxylic acids is 1. The van der Waals surface area contributed by atoms with Crippen molar-refractivity contribution in [3.8, 4) is 5.69 Å². The maximum Gasteiger partial charge on any atom is 0.313 e. The van der Waals surface area contributed by atoms with Crippen LogP contribution in [0.4, 0.5) is 0 Å². The molecule has 1 heterocycles. The molecule has 0 unspecified atom stereocenters. The van der Waals surface area contributed by atoms with Gasteiger partial charge in [0.2, 0.25) is 0 Å². The second-order valence-corrected chi connectivity index (χ2v) is 6.11. The zero-order valence-electron chi connectivity index (χ0n) is 11.9. The van der Waals surface area contributed by atoms with Gasteiger partial charge in [-0.25, -0.2) is 0 Å². The summed E-state index contributed by atoms with van der Waals surface area (Å²) in [5.41, 5.74) is 3.84. The van der Waals surface area contributed by atoms with Gasteiger partial charge in [-0.05, 0) is 49.8 Å². The Labute approximate surface area is 127 Å². The molecule has 0 radical (unpaired) electrons. The molecule has 3 rings (SSSR count). The monoisotopic (exact) mass is 303 g/mol. The molecule has 2 aromatic rings. The molecular formula is C15H17N3O2S. The number of hydrogen-bond donors (Lipinski definition) is 1. The zero-order chi connectivity index (χ0) is 14.8. The largest absolute Gasteiger partial charge is 0.481 e. The predicted molar refractivity (Wildman–Crippen MR) is 81.1 cm³/mol. The molecule has 0 aliphatic heterocycles. The number of aliphatic carboxylic acids is 1.